The van der Waals surface area contributed by atoms with Crippen molar-refractivity contribution in [3.8, 4) is 0 Å². The lowest BCUT2D eigenvalue weighted by molar-refractivity contribution is 0.460. The first-order valence-electron chi connectivity index (χ1n) is 8.40. The van der Waals surface area contributed by atoms with Gasteiger partial charge in [-0.05, 0) is 26.3 Å². The fraction of sp³-hybridized carbons (Fsp3) is 0.588. The van der Waals surface area contributed by atoms with E-state index in [0.29, 0.717) is 6.54 Å². The maximum absolute atomic E-state index is 5.38. The molecule has 0 aliphatic rings. The molecule has 1 N–H and O–H groups in total. The Morgan fingerprint density at radius 2 is 2.12 bits per heavy atom. The van der Waals surface area contributed by atoms with Crippen molar-refractivity contribution >= 4 is 29.9 Å². The van der Waals surface area contributed by atoms with Gasteiger partial charge in [-0.3, -0.25) is 0 Å². The largest absolute Gasteiger partial charge is 0.469 e. The molecule has 0 aromatic carbocycles. The van der Waals surface area contributed by atoms with Crippen LogP contribution in [-0.4, -0.2) is 39.2 Å². The Hall–Kier alpha value is -1.58. The maximum atomic E-state index is 5.38. The standard InChI is InChI=1S/C17H28N6O.HI/c1-6-7-9-18-17(19-11-16-21-20-14(3)23(16)5)22(4)12-15-8-10-24-13(15)2;/h8,10H,6-7,9,11-12H2,1-5H3,(H,18,19);1H. The van der Waals surface area contributed by atoms with Gasteiger partial charge < -0.3 is 19.2 Å². The van der Waals surface area contributed by atoms with Crippen LogP contribution < -0.4 is 5.32 Å². The Labute approximate surface area is 166 Å². The molecule has 25 heavy (non-hydrogen) atoms. The number of rotatable bonds is 7. The van der Waals surface area contributed by atoms with E-state index in [1.54, 1.807) is 6.26 Å². The summed E-state index contributed by atoms with van der Waals surface area (Å²) >= 11 is 0. The number of nitrogens with one attached hydrogen (secondary N) is 1. The highest BCUT2D eigenvalue weighted by Gasteiger charge is 2.11. The minimum absolute atomic E-state index is 0. The van der Waals surface area contributed by atoms with E-state index in [1.807, 2.05) is 38.6 Å². The van der Waals surface area contributed by atoms with Crippen molar-refractivity contribution in [3.05, 3.63) is 35.3 Å². The number of hydrogen-bond acceptors (Lipinski definition) is 4. The summed E-state index contributed by atoms with van der Waals surface area (Å²) in [6.07, 6.45) is 3.98. The second-order valence-electron chi connectivity index (χ2n) is 6.00. The SMILES string of the molecule is CCCCNC(=NCc1nnc(C)n1C)N(C)Cc1ccoc1C.I. The zero-order chi connectivity index (χ0) is 17.5. The number of aromatic nitrogens is 3. The minimum Gasteiger partial charge on any atom is -0.469 e. The predicted octanol–water partition coefficient (Wildman–Crippen LogP) is 3.02. The number of aliphatic imine (C=N–C) groups is 1. The van der Waals surface area contributed by atoms with Crippen molar-refractivity contribution in [2.24, 2.45) is 12.0 Å². The van der Waals surface area contributed by atoms with E-state index < -0.39 is 0 Å². The van der Waals surface area contributed by atoms with Crippen LogP contribution in [0.25, 0.3) is 0 Å². The molecule has 0 radical (unpaired) electrons. The topological polar surface area (TPSA) is 71.5 Å². The molecule has 0 atom stereocenters. The Morgan fingerprint density at radius 1 is 1.36 bits per heavy atom. The second kappa shape index (κ2) is 10.4. The molecule has 0 aliphatic heterocycles. The summed E-state index contributed by atoms with van der Waals surface area (Å²) in [5.41, 5.74) is 1.16. The fourth-order valence-corrected chi connectivity index (χ4v) is 2.33. The normalized spacial score (nSPS) is 11.3. The van der Waals surface area contributed by atoms with Crippen molar-refractivity contribution in [3.63, 3.8) is 0 Å². The smallest absolute Gasteiger partial charge is 0.194 e. The van der Waals surface area contributed by atoms with E-state index in [2.05, 4.69) is 27.3 Å². The summed E-state index contributed by atoms with van der Waals surface area (Å²) in [5, 5.41) is 11.7. The van der Waals surface area contributed by atoms with Crippen molar-refractivity contribution in [2.75, 3.05) is 13.6 Å². The highest BCUT2D eigenvalue weighted by atomic mass is 127. The van der Waals surface area contributed by atoms with E-state index in [4.69, 9.17) is 9.41 Å². The number of guanidine groups is 1. The van der Waals surface area contributed by atoms with Crippen LogP contribution in [-0.2, 0) is 20.1 Å². The highest BCUT2D eigenvalue weighted by Crippen LogP contribution is 2.11. The van der Waals surface area contributed by atoms with Gasteiger partial charge in [0.15, 0.2) is 11.8 Å². The second-order valence-corrected chi connectivity index (χ2v) is 6.00. The molecule has 7 nitrogen and oxygen atoms in total. The maximum Gasteiger partial charge on any atom is 0.194 e. The summed E-state index contributed by atoms with van der Waals surface area (Å²) in [6.45, 7) is 8.25. The average molecular weight is 460 g/mol. The summed E-state index contributed by atoms with van der Waals surface area (Å²) in [5.74, 6) is 3.56. The molecule has 0 unspecified atom stereocenters. The fourth-order valence-electron chi connectivity index (χ4n) is 2.33. The molecule has 2 aromatic heterocycles. The van der Waals surface area contributed by atoms with Gasteiger partial charge in [-0.25, -0.2) is 4.99 Å². The highest BCUT2D eigenvalue weighted by molar-refractivity contribution is 14.0. The van der Waals surface area contributed by atoms with Gasteiger partial charge in [0.2, 0.25) is 0 Å². The van der Waals surface area contributed by atoms with Crippen LogP contribution in [0, 0.1) is 13.8 Å². The van der Waals surface area contributed by atoms with Gasteiger partial charge in [0, 0.05) is 32.7 Å². The quantitative estimate of drug-likeness (QED) is 0.298. The molecular formula is C17H29IN6O. The van der Waals surface area contributed by atoms with E-state index in [-0.39, 0.29) is 24.0 Å². The summed E-state index contributed by atoms with van der Waals surface area (Å²) in [6, 6.07) is 2.00. The predicted molar refractivity (Wildman–Crippen MR) is 110 cm³/mol. The summed E-state index contributed by atoms with van der Waals surface area (Å²) in [7, 11) is 4.00. The molecule has 0 spiro atoms. The van der Waals surface area contributed by atoms with Crippen molar-refractivity contribution in [1.82, 2.24) is 25.0 Å². The molecule has 0 bridgehead atoms. The number of aryl methyl sites for hydroxylation is 2. The van der Waals surface area contributed by atoms with Crippen LogP contribution in [0.3, 0.4) is 0 Å². The van der Waals surface area contributed by atoms with Gasteiger partial charge in [-0.1, -0.05) is 13.3 Å². The number of unbranched alkanes of at least 4 members (excludes halogenated alkanes) is 1. The molecular weight excluding hydrogens is 431 g/mol. The van der Waals surface area contributed by atoms with Crippen LogP contribution in [0.15, 0.2) is 21.7 Å². The zero-order valence-corrected chi connectivity index (χ0v) is 18.1. The molecule has 0 fully saturated rings. The number of halogens is 1. The van der Waals surface area contributed by atoms with Crippen LogP contribution in [0.1, 0.15) is 42.7 Å². The van der Waals surface area contributed by atoms with Crippen molar-refractivity contribution in [2.45, 2.75) is 46.7 Å². The van der Waals surface area contributed by atoms with E-state index >= 15 is 0 Å². The molecule has 140 valence electrons. The number of hydrogen-bond donors (Lipinski definition) is 1. The number of nitrogens with zero attached hydrogens (tertiary/aromatic N) is 5. The van der Waals surface area contributed by atoms with Gasteiger partial charge in [-0.2, -0.15) is 0 Å². The van der Waals surface area contributed by atoms with Crippen LogP contribution in [0.2, 0.25) is 0 Å². The molecule has 2 aromatic rings. The van der Waals surface area contributed by atoms with Gasteiger partial charge in [0.1, 0.15) is 18.1 Å². The summed E-state index contributed by atoms with van der Waals surface area (Å²) in [4.78, 5) is 6.84. The molecule has 0 amide bonds. The van der Waals surface area contributed by atoms with Gasteiger partial charge in [-0.15, -0.1) is 34.2 Å². The molecule has 2 rings (SSSR count). The van der Waals surface area contributed by atoms with Crippen LogP contribution >= 0.6 is 24.0 Å². The van der Waals surface area contributed by atoms with Gasteiger partial charge in [0.05, 0.1) is 6.26 Å². The van der Waals surface area contributed by atoms with E-state index in [1.165, 1.54) is 0 Å². The molecule has 0 saturated heterocycles. The lowest BCUT2D eigenvalue weighted by Gasteiger charge is -2.22. The van der Waals surface area contributed by atoms with Crippen molar-refractivity contribution < 1.29 is 4.42 Å². The van der Waals surface area contributed by atoms with Gasteiger partial charge >= 0.3 is 0 Å². The van der Waals surface area contributed by atoms with Crippen LogP contribution in [0.4, 0.5) is 0 Å². The molecule has 8 heteroatoms. The lowest BCUT2D eigenvalue weighted by Crippen LogP contribution is -2.39. The third kappa shape index (κ3) is 6.02. The van der Waals surface area contributed by atoms with Gasteiger partial charge in [0.25, 0.3) is 0 Å². The first kappa shape index (κ1) is 21.5. The Balaban J connectivity index is 0.00000312. The third-order valence-electron chi connectivity index (χ3n) is 4.10. The Bertz CT molecular complexity index is 678. The van der Waals surface area contributed by atoms with E-state index in [0.717, 1.165) is 54.9 Å². The lowest BCUT2D eigenvalue weighted by atomic mass is 10.2. The Kier molecular flexibility index (Phi) is 8.95. The average Bonchev–Trinajstić information content (AvgIpc) is 3.10. The molecule has 0 aliphatic carbocycles. The molecule has 0 saturated carbocycles. The molecule has 2 heterocycles. The number of furan rings is 1. The Morgan fingerprint density at radius 3 is 2.68 bits per heavy atom. The first-order chi connectivity index (χ1) is 11.5. The first-order valence-corrected chi connectivity index (χ1v) is 8.40. The minimum atomic E-state index is 0. The third-order valence-corrected chi connectivity index (χ3v) is 4.10. The monoisotopic (exact) mass is 460 g/mol. The van der Waals surface area contributed by atoms with E-state index in [9.17, 15) is 0 Å². The van der Waals surface area contributed by atoms with Crippen molar-refractivity contribution in [1.29, 1.82) is 0 Å². The van der Waals surface area contributed by atoms with Crippen LogP contribution in [0.5, 0.6) is 0 Å². The summed E-state index contributed by atoms with van der Waals surface area (Å²) < 4.78 is 7.35. The zero-order valence-electron chi connectivity index (χ0n) is 15.7.